The third-order valence-corrected chi connectivity index (χ3v) is 5.00. The monoisotopic (exact) mass is 333 g/mol. The lowest BCUT2D eigenvalue weighted by Crippen LogP contribution is -2.26. The molecule has 132 valence electrons. The van der Waals surface area contributed by atoms with E-state index in [0.29, 0.717) is 24.8 Å². The van der Waals surface area contributed by atoms with E-state index in [0.717, 1.165) is 31.2 Å². The molecule has 1 N–H and O–H groups in total. The molecule has 5 heteroatoms. The van der Waals surface area contributed by atoms with Crippen molar-refractivity contribution in [3.05, 3.63) is 23.9 Å². The summed E-state index contributed by atoms with van der Waals surface area (Å²) >= 11 is 0. The average molecular weight is 333 g/mol. The van der Waals surface area contributed by atoms with E-state index in [1.807, 2.05) is 19.1 Å². The predicted molar refractivity (Wildman–Crippen MR) is 89.8 cm³/mol. The van der Waals surface area contributed by atoms with Gasteiger partial charge in [-0.15, -0.1) is 0 Å². The standard InChI is InChI=1S/C19H27NO4/c1-2-23-19(22)12-17(13-3-4-13)14-9-10-20-18(11-14)24-16-7-5-15(21)6-8-16/h9-11,13,15-17,21H,2-8,12H2,1H3/t15-,16+,17?. The van der Waals surface area contributed by atoms with E-state index in [9.17, 15) is 9.90 Å². The van der Waals surface area contributed by atoms with Crippen LogP contribution >= 0.6 is 0 Å². The third-order valence-electron chi connectivity index (χ3n) is 5.00. The van der Waals surface area contributed by atoms with Crippen molar-refractivity contribution in [3.63, 3.8) is 0 Å². The van der Waals surface area contributed by atoms with Gasteiger partial charge in [0.25, 0.3) is 0 Å². The second kappa shape index (κ2) is 7.97. The first kappa shape index (κ1) is 17.2. The van der Waals surface area contributed by atoms with Gasteiger partial charge in [-0.05, 0) is 68.9 Å². The number of esters is 1. The van der Waals surface area contributed by atoms with Crippen LogP contribution in [0.4, 0.5) is 0 Å². The lowest BCUT2D eigenvalue weighted by molar-refractivity contribution is -0.143. The molecule has 0 spiro atoms. The number of hydrogen-bond donors (Lipinski definition) is 1. The van der Waals surface area contributed by atoms with E-state index in [-0.39, 0.29) is 24.1 Å². The summed E-state index contributed by atoms with van der Waals surface area (Å²) in [4.78, 5) is 16.2. The van der Waals surface area contributed by atoms with Crippen LogP contribution in [0.5, 0.6) is 5.88 Å². The summed E-state index contributed by atoms with van der Waals surface area (Å²) in [6, 6.07) is 3.97. The number of nitrogens with zero attached hydrogens (tertiary/aromatic N) is 1. The molecule has 2 saturated carbocycles. The fraction of sp³-hybridized carbons (Fsp3) is 0.684. The van der Waals surface area contributed by atoms with Gasteiger partial charge in [-0.1, -0.05) is 0 Å². The van der Waals surface area contributed by atoms with E-state index in [1.54, 1.807) is 6.20 Å². The predicted octanol–water partition coefficient (Wildman–Crippen LogP) is 3.21. The summed E-state index contributed by atoms with van der Waals surface area (Å²) in [5.41, 5.74) is 1.12. The fourth-order valence-electron chi connectivity index (χ4n) is 3.51. The van der Waals surface area contributed by atoms with Gasteiger partial charge in [0.05, 0.1) is 19.1 Å². The highest BCUT2D eigenvalue weighted by molar-refractivity contribution is 5.70. The van der Waals surface area contributed by atoms with Crippen LogP contribution in [0.1, 0.15) is 63.4 Å². The second-order valence-electron chi connectivity index (χ2n) is 6.93. The molecule has 2 aliphatic carbocycles. The topological polar surface area (TPSA) is 68.7 Å². The maximum atomic E-state index is 11.9. The number of ether oxygens (including phenoxy) is 2. The Bertz CT molecular complexity index is 550. The summed E-state index contributed by atoms with van der Waals surface area (Å²) < 4.78 is 11.1. The van der Waals surface area contributed by atoms with Gasteiger partial charge < -0.3 is 14.6 Å². The minimum Gasteiger partial charge on any atom is -0.474 e. The number of aliphatic hydroxyl groups is 1. The summed E-state index contributed by atoms with van der Waals surface area (Å²) in [5.74, 6) is 1.26. The second-order valence-corrected chi connectivity index (χ2v) is 6.93. The highest BCUT2D eigenvalue weighted by Gasteiger charge is 2.34. The van der Waals surface area contributed by atoms with Gasteiger partial charge in [0.2, 0.25) is 5.88 Å². The molecule has 1 heterocycles. The molecule has 0 bridgehead atoms. The minimum absolute atomic E-state index is 0.126. The molecule has 3 rings (SSSR count). The van der Waals surface area contributed by atoms with Crippen LogP contribution in [-0.2, 0) is 9.53 Å². The maximum absolute atomic E-state index is 11.9. The van der Waals surface area contributed by atoms with Crippen molar-refractivity contribution >= 4 is 5.97 Å². The molecule has 1 aromatic rings. The van der Waals surface area contributed by atoms with E-state index in [1.165, 1.54) is 12.8 Å². The van der Waals surface area contributed by atoms with Gasteiger partial charge in [0.1, 0.15) is 6.10 Å². The summed E-state index contributed by atoms with van der Waals surface area (Å²) in [6.45, 7) is 2.26. The van der Waals surface area contributed by atoms with Crippen molar-refractivity contribution in [3.8, 4) is 5.88 Å². The van der Waals surface area contributed by atoms with Crippen LogP contribution in [-0.4, -0.2) is 34.9 Å². The molecule has 5 nitrogen and oxygen atoms in total. The molecule has 1 unspecified atom stereocenters. The number of pyridine rings is 1. The first-order valence-corrected chi connectivity index (χ1v) is 9.12. The van der Waals surface area contributed by atoms with Crippen molar-refractivity contribution in [1.82, 2.24) is 4.98 Å². The van der Waals surface area contributed by atoms with Gasteiger partial charge in [-0.3, -0.25) is 4.79 Å². The Hall–Kier alpha value is -1.62. The Labute approximate surface area is 143 Å². The van der Waals surface area contributed by atoms with Crippen LogP contribution in [0.3, 0.4) is 0 Å². The zero-order chi connectivity index (χ0) is 16.9. The van der Waals surface area contributed by atoms with E-state index < -0.39 is 0 Å². The van der Waals surface area contributed by atoms with Crippen LogP contribution in [0.2, 0.25) is 0 Å². The van der Waals surface area contributed by atoms with Crippen LogP contribution < -0.4 is 4.74 Å². The normalized spacial score (nSPS) is 25.1. The molecule has 0 amide bonds. The zero-order valence-corrected chi connectivity index (χ0v) is 14.3. The van der Waals surface area contributed by atoms with Crippen molar-refractivity contribution < 1.29 is 19.4 Å². The number of hydrogen-bond acceptors (Lipinski definition) is 5. The molecule has 24 heavy (non-hydrogen) atoms. The highest BCUT2D eigenvalue weighted by atomic mass is 16.5. The smallest absolute Gasteiger partial charge is 0.306 e. The quantitative estimate of drug-likeness (QED) is 0.776. The van der Waals surface area contributed by atoms with Crippen molar-refractivity contribution in [2.24, 2.45) is 5.92 Å². The van der Waals surface area contributed by atoms with Crippen molar-refractivity contribution in [1.29, 1.82) is 0 Å². The van der Waals surface area contributed by atoms with Gasteiger partial charge >= 0.3 is 5.97 Å². The van der Waals surface area contributed by atoms with Crippen LogP contribution in [0.25, 0.3) is 0 Å². The molecule has 0 aliphatic heterocycles. The largest absolute Gasteiger partial charge is 0.474 e. The van der Waals surface area contributed by atoms with Crippen molar-refractivity contribution in [2.45, 2.75) is 70.0 Å². The molecule has 0 aromatic carbocycles. The Morgan fingerprint density at radius 1 is 1.29 bits per heavy atom. The number of aliphatic hydroxyl groups excluding tert-OH is 1. The van der Waals surface area contributed by atoms with Crippen LogP contribution in [0, 0.1) is 5.92 Å². The van der Waals surface area contributed by atoms with Crippen LogP contribution in [0.15, 0.2) is 18.3 Å². The Kier molecular flexibility index (Phi) is 5.72. The number of aromatic nitrogens is 1. The molecule has 2 fully saturated rings. The molecular weight excluding hydrogens is 306 g/mol. The molecular formula is C19H27NO4. The lowest BCUT2D eigenvalue weighted by atomic mass is 9.91. The Balaban J connectivity index is 1.65. The van der Waals surface area contributed by atoms with E-state index in [2.05, 4.69) is 4.98 Å². The van der Waals surface area contributed by atoms with Gasteiger partial charge in [0.15, 0.2) is 0 Å². The Morgan fingerprint density at radius 2 is 2.04 bits per heavy atom. The zero-order valence-electron chi connectivity index (χ0n) is 14.3. The van der Waals surface area contributed by atoms with Gasteiger partial charge in [-0.2, -0.15) is 0 Å². The molecule has 1 aromatic heterocycles. The Morgan fingerprint density at radius 3 is 2.71 bits per heavy atom. The van der Waals surface area contributed by atoms with E-state index in [4.69, 9.17) is 9.47 Å². The first-order valence-electron chi connectivity index (χ1n) is 9.12. The van der Waals surface area contributed by atoms with E-state index >= 15 is 0 Å². The number of rotatable bonds is 7. The van der Waals surface area contributed by atoms with Crippen molar-refractivity contribution in [2.75, 3.05) is 6.61 Å². The highest BCUT2D eigenvalue weighted by Crippen LogP contribution is 2.45. The minimum atomic E-state index is -0.187. The molecule has 0 saturated heterocycles. The number of carbonyl (C=O) groups excluding carboxylic acids is 1. The maximum Gasteiger partial charge on any atom is 0.306 e. The van der Waals surface area contributed by atoms with Gasteiger partial charge in [0, 0.05) is 12.3 Å². The summed E-state index contributed by atoms with van der Waals surface area (Å²) in [6.07, 6.45) is 7.78. The fourth-order valence-corrected chi connectivity index (χ4v) is 3.51. The molecule has 0 radical (unpaired) electrons. The molecule has 2 aliphatic rings. The first-order chi connectivity index (χ1) is 11.7. The summed E-state index contributed by atoms with van der Waals surface area (Å²) in [7, 11) is 0. The summed E-state index contributed by atoms with van der Waals surface area (Å²) in [5, 5.41) is 9.59. The number of carbonyl (C=O) groups is 1. The lowest BCUT2D eigenvalue weighted by Gasteiger charge is -2.26. The average Bonchev–Trinajstić information content (AvgIpc) is 3.40. The SMILES string of the molecule is CCOC(=O)CC(c1ccnc(O[C@H]2CC[C@@H](O)CC2)c1)C1CC1. The molecule has 1 atom stereocenters. The third kappa shape index (κ3) is 4.69. The van der Waals surface area contributed by atoms with Gasteiger partial charge in [-0.25, -0.2) is 4.98 Å².